The Bertz CT molecular complexity index is 995. The standard InChI is InChI=1S/C25H32F3NO5Si/c1-17(2)21-24(25(26,27)28,34-35(4,5)6)33-22(19-12-14-20(31-3)15-13-19)29(21)23(30)32-16-18-10-8-7-9-11-18/h7-15,17,21-22H,16H2,1-6H3/t21?,22-,24-/m0/s1. The molecule has 0 aliphatic carbocycles. The molecular weight excluding hydrogens is 479 g/mol. The number of rotatable bonds is 7. The first-order valence-corrected chi connectivity index (χ1v) is 14.8. The van der Waals surface area contributed by atoms with Crippen molar-refractivity contribution >= 4 is 14.4 Å². The summed E-state index contributed by atoms with van der Waals surface area (Å²) >= 11 is 0. The van der Waals surface area contributed by atoms with Crippen molar-refractivity contribution < 1.29 is 36.6 Å². The first kappa shape index (κ1) is 27.0. The highest BCUT2D eigenvalue weighted by Gasteiger charge is 2.72. The zero-order chi connectivity index (χ0) is 26.0. The molecule has 35 heavy (non-hydrogen) atoms. The van der Waals surface area contributed by atoms with E-state index in [-0.39, 0.29) is 6.61 Å². The molecule has 3 rings (SSSR count). The highest BCUT2D eigenvalue weighted by atomic mass is 28.4. The van der Waals surface area contributed by atoms with Crippen molar-refractivity contribution in [3.63, 3.8) is 0 Å². The normalized spacial score (nSPS) is 23.0. The fraction of sp³-hybridized carbons (Fsp3) is 0.480. The predicted octanol–water partition coefficient (Wildman–Crippen LogP) is 6.50. The number of benzene rings is 2. The fourth-order valence-corrected chi connectivity index (χ4v) is 5.41. The van der Waals surface area contributed by atoms with Crippen molar-refractivity contribution in [3.8, 4) is 5.75 Å². The third-order valence-corrected chi connectivity index (χ3v) is 6.45. The molecule has 3 atom stereocenters. The summed E-state index contributed by atoms with van der Waals surface area (Å²) in [6, 6.07) is 13.8. The second-order valence-electron chi connectivity index (χ2n) is 9.76. The molecular formula is C25H32F3NO5Si. The maximum absolute atomic E-state index is 14.8. The van der Waals surface area contributed by atoms with Crippen molar-refractivity contribution in [3.05, 3.63) is 65.7 Å². The summed E-state index contributed by atoms with van der Waals surface area (Å²) < 4.78 is 66.7. The number of halogens is 3. The van der Waals surface area contributed by atoms with Gasteiger partial charge in [0, 0.05) is 5.56 Å². The molecule has 10 heteroatoms. The summed E-state index contributed by atoms with van der Waals surface area (Å²) in [7, 11) is -1.33. The minimum Gasteiger partial charge on any atom is -0.497 e. The van der Waals surface area contributed by atoms with Crippen LogP contribution in [-0.2, 0) is 20.5 Å². The van der Waals surface area contributed by atoms with E-state index in [0.717, 1.165) is 4.90 Å². The molecule has 0 aromatic heterocycles. The lowest BCUT2D eigenvalue weighted by Crippen LogP contribution is -2.63. The smallest absolute Gasteiger partial charge is 0.444 e. The predicted molar refractivity (Wildman–Crippen MR) is 127 cm³/mol. The van der Waals surface area contributed by atoms with Gasteiger partial charge >= 0.3 is 12.3 Å². The fourth-order valence-electron chi connectivity index (χ4n) is 4.21. The van der Waals surface area contributed by atoms with E-state index in [0.29, 0.717) is 16.9 Å². The molecule has 1 aliphatic heterocycles. The van der Waals surface area contributed by atoms with Gasteiger partial charge < -0.3 is 18.6 Å². The van der Waals surface area contributed by atoms with E-state index in [1.807, 2.05) is 6.07 Å². The highest BCUT2D eigenvalue weighted by molar-refractivity contribution is 6.69. The van der Waals surface area contributed by atoms with E-state index in [4.69, 9.17) is 18.6 Å². The van der Waals surface area contributed by atoms with Crippen LogP contribution in [0.25, 0.3) is 0 Å². The van der Waals surface area contributed by atoms with Gasteiger partial charge in [-0.15, -0.1) is 0 Å². The molecule has 1 heterocycles. The average molecular weight is 512 g/mol. The van der Waals surface area contributed by atoms with Gasteiger partial charge in [-0.3, -0.25) is 4.90 Å². The minimum absolute atomic E-state index is 0.0930. The first-order valence-electron chi connectivity index (χ1n) is 11.4. The molecule has 0 N–H and O–H groups in total. The molecule has 1 aliphatic rings. The maximum atomic E-state index is 14.8. The van der Waals surface area contributed by atoms with Crippen LogP contribution in [0, 0.1) is 5.92 Å². The minimum atomic E-state index is -4.92. The van der Waals surface area contributed by atoms with Gasteiger partial charge in [-0.25, -0.2) is 4.79 Å². The molecule has 0 radical (unpaired) electrons. The second kappa shape index (κ2) is 10.2. The van der Waals surface area contributed by atoms with Crippen molar-refractivity contribution in [2.24, 2.45) is 5.92 Å². The van der Waals surface area contributed by atoms with Gasteiger partial charge in [0.05, 0.1) is 7.11 Å². The molecule has 1 amide bonds. The van der Waals surface area contributed by atoms with Gasteiger partial charge in [0.1, 0.15) is 18.4 Å². The molecule has 1 saturated heterocycles. The third kappa shape index (κ3) is 5.82. The Morgan fingerprint density at radius 1 is 1.09 bits per heavy atom. The molecule has 2 aromatic carbocycles. The lowest BCUT2D eigenvalue weighted by Gasteiger charge is -2.42. The number of hydrogen-bond acceptors (Lipinski definition) is 5. The van der Waals surface area contributed by atoms with Gasteiger partial charge in [-0.05, 0) is 43.3 Å². The van der Waals surface area contributed by atoms with Crippen LogP contribution in [0.15, 0.2) is 54.6 Å². The second-order valence-corrected chi connectivity index (χ2v) is 14.2. The van der Waals surface area contributed by atoms with Crippen LogP contribution < -0.4 is 4.74 Å². The number of amides is 1. The van der Waals surface area contributed by atoms with E-state index in [1.54, 1.807) is 82.0 Å². The van der Waals surface area contributed by atoms with Crippen molar-refractivity contribution in [1.29, 1.82) is 0 Å². The molecule has 2 aromatic rings. The van der Waals surface area contributed by atoms with E-state index >= 15 is 0 Å². The van der Waals surface area contributed by atoms with E-state index in [9.17, 15) is 18.0 Å². The Morgan fingerprint density at radius 3 is 2.17 bits per heavy atom. The number of carbonyl (C=O) groups is 1. The summed E-state index contributed by atoms with van der Waals surface area (Å²) in [4.78, 5) is 14.4. The van der Waals surface area contributed by atoms with Crippen LogP contribution in [0.3, 0.4) is 0 Å². The lowest BCUT2D eigenvalue weighted by atomic mass is 9.94. The summed E-state index contributed by atoms with van der Waals surface area (Å²) in [6.45, 7) is 8.08. The van der Waals surface area contributed by atoms with Crippen LogP contribution in [-0.4, -0.2) is 44.4 Å². The van der Waals surface area contributed by atoms with Gasteiger partial charge in [-0.2, -0.15) is 13.2 Å². The largest absolute Gasteiger partial charge is 0.497 e. The van der Waals surface area contributed by atoms with Crippen LogP contribution in [0.5, 0.6) is 5.75 Å². The topological polar surface area (TPSA) is 57.2 Å². The molecule has 0 saturated carbocycles. The molecule has 1 unspecified atom stereocenters. The molecule has 6 nitrogen and oxygen atoms in total. The summed E-state index contributed by atoms with van der Waals surface area (Å²) in [5.41, 5.74) is 1.06. The monoisotopic (exact) mass is 511 g/mol. The Kier molecular flexibility index (Phi) is 7.88. The summed E-state index contributed by atoms with van der Waals surface area (Å²) in [5.74, 6) is -3.16. The van der Waals surface area contributed by atoms with Crippen molar-refractivity contribution in [2.75, 3.05) is 7.11 Å². The summed E-state index contributed by atoms with van der Waals surface area (Å²) in [5, 5.41) is 0. The van der Waals surface area contributed by atoms with Gasteiger partial charge in [0.25, 0.3) is 5.79 Å². The van der Waals surface area contributed by atoms with E-state index in [1.165, 1.54) is 7.11 Å². The Hall–Kier alpha value is -2.56. The Labute approximate surface area is 205 Å². The van der Waals surface area contributed by atoms with Crippen LogP contribution >= 0.6 is 0 Å². The number of nitrogens with zero attached hydrogens (tertiary/aromatic N) is 1. The Balaban J connectivity index is 2.09. The number of ether oxygens (including phenoxy) is 3. The SMILES string of the molecule is COc1ccc([C@@H]2O[C@@](O[Si](C)(C)C)(C(F)(F)F)C(C(C)C)N2C(=O)OCc2ccccc2)cc1. The third-order valence-electron chi connectivity index (χ3n) is 5.53. The van der Waals surface area contributed by atoms with Gasteiger partial charge in [0.15, 0.2) is 14.5 Å². The number of methoxy groups -OCH3 is 1. The summed E-state index contributed by atoms with van der Waals surface area (Å²) in [6.07, 6.45) is -7.21. The first-order chi connectivity index (χ1) is 16.3. The zero-order valence-electron chi connectivity index (χ0n) is 20.8. The Morgan fingerprint density at radius 2 is 1.69 bits per heavy atom. The molecule has 192 valence electrons. The van der Waals surface area contributed by atoms with Crippen molar-refractivity contribution in [1.82, 2.24) is 4.90 Å². The maximum Gasteiger partial charge on any atom is 0.444 e. The number of hydrogen-bond donors (Lipinski definition) is 0. The molecule has 0 spiro atoms. The van der Waals surface area contributed by atoms with Crippen LogP contribution in [0.4, 0.5) is 18.0 Å². The van der Waals surface area contributed by atoms with Crippen LogP contribution in [0.1, 0.15) is 31.2 Å². The quantitative estimate of drug-likeness (QED) is 0.397. The molecule has 0 bridgehead atoms. The number of carbonyl (C=O) groups excluding carboxylic acids is 1. The van der Waals surface area contributed by atoms with Crippen LogP contribution in [0.2, 0.25) is 19.6 Å². The van der Waals surface area contributed by atoms with Gasteiger partial charge in [0.2, 0.25) is 0 Å². The van der Waals surface area contributed by atoms with E-state index < -0.39 is 44.6 Å². The van der Waals surface area contributed by atoms with Crippen molar-refractivity contribution in [2.45, 2.75) is 64.3 Å². The highest BCUT2D eigenvalue weighted by Crippen LogP contribution is 2.53. The zero-order valence-corrected chi connectivity index (χ0v) is 21.8. The van der Waals surface area contributed by atoms with E-state index in [2.05, 4.69) is 0 Å². The molecule has 1 fully saturated rings. The lowest BCUT2D eigenvalue weighted by molar-refractivity contribution is -0.355. The van der Waals surface area contributed by atoms with Gasteiger partial charge in [-0.1, -0.05) is 56.3 Å². The average Bonchev–Trinajstić information content (AvgIpc) is 3.13. The number of alkyl halides is 3.